The predicted molar refractivity (Wildman–Crippen MR) is 85.7 cm³/mol. The largest absolute Gasteiger partial charge is 0.364 e. The van der Waals surface area contributed by atoms with Crippen LogP contribution in [0.2, 0.25) is 0 Å². The van der Waals surface area contributed by atoms with E-state index in [4.69, 9.17) is 0 Å². The van der Waals surface area contributed by atoms with E-state index in [0.29, 0.717) is 6.04 Å². The second-order valence-electron chi connectivity index (χ2n) is 5.99. The van der Waals surface area contributed by atoms with E-state index in [1.165, 1.54) is 32.1 Å². The maximum atomic E-state index is 4.57. The van der Waals surface area contributed by atoms with Crippen molar-refractivity contribution >= 4 is 11.5 Å². The molecule has 0 atom stereocenters. The highest BCUT2D eigenvalue weighted by atomic mass is 15.2. The van der Waals surface area contributed by atoms with E-state index in [2.05, 4.69) is 24.8 Å². The number of hydrogen-bond donors (Lipinski definition) is 1. The molecule has 0 unspecified atom stereocenters. The lowest BCUT2D eigenvalue weighted by molar-refractivity contribution is 0.462. The van der Waals surface area contributed by atoms with Crippen LogP contribution in [0, 0.1) is 0 Å². The Morgan fingerprint density at radius 2 is 2.00 bits per heavy atom. The Morgan fingerprint density at radius 3 is 2.77 bits per heavy atom. The highest BCUT2D eigenvalue weighted by Gasteiger charge is 2.17. The van der Waals surface area contributed by atoms with Gasteiger partial charge in [-0.15, -0.1) is 0 Å². The van der Waals surface area contributed by atoms with Gasteiger partial charge in [0.25, 0.3) is 0 Å². The maximum Gasteiger partial charge on any atom is 0.180 e. The Labute approximate surface area is 129 Å². The molecule has 4 rings (SSSR count). The van der Waals surface area contributed by atoms with Crippen molar-refractivity contribution in [3.63, 3.8) is 0 Å². The molecule has 6 heteroatoms. The van der Waals surface area contributed by atoms with E-state index in [-0.39, 0.29) is 0 Å². The molecule has 0 aromatic carbocycles. The fraction of sp³-hybridized carbons (Fsp3) is 0.438. The molecule has 1 fully saturated rings. The Bertz CT molecular complexity index is 781. The van der Waals surface area contributed by atoms with Crippen molar-refractivity contribution in [3.05, 3.63) is 31.0 Å². The lowest BCUT2D eigenvalue weighted by atomic mass is 9.95. The van der Waals surface area contributed by atoms with Gasteiger partial charge in [0.2, 0.25) is 0 Å². The Balaban J connectivity index is 1.70. The zero-order valence-electron chi connectivity index (χ0n) is 12.7. The molecule has 114 valence electrons. The summed E-state index contributed by atoms with van der Waals surface area (Å²) in [4.78, 5) is 9.07. The van der Waals surface area contributed by atoms with Crippen LogP contribution < -0.4 is 5.32 Å². The van der Waals surface area contributed by atoms with Crippen molar-refractivity contribution in [2.75, 3.05) is 5.32 Å². The molecule has 0 spiro atoms. The van der Waals surface area contributed by atoms with Crippen LogP contribution in [0.25, 0.3) is 16.9 Å². The highest BCUT2D eigenvalue weighted by molar-refractivity contribution is 5.70. The predicted octanol–water partition coefficient (Wildman–Crippen LogP) is 2.87. The first-order chi connectivity index (χ1) is 10.8. The molecule has 6 nitrogen and oxygen atoms in total. The molecule has 1 aliphatic carbocycles. The van der Waals surface area contributed by atoms with Crippen molar-refractivity contribution in [2.24, 2.45) is 7.05 Å². The van der Waals surface area contributed by atoms with Gasteiger partial charge in [-0.1, -0.05) is 19.3 Å². The molecule has 0 aliphatic heterocycles. The van der Waals surface area contributed by atoms with E-state index in [0.717, 1.165) is 22.7 Å². The molecule has 0 amide bonds. The van der Waals surface area contributed by atoms with Crippen LogP contribution in [-0.4, -0.2) is 30.2 Å². The van der Waals surface area contributed by atoms with E-state index < -0.39 is 0 Å². The molecule has 0 bridgehead atoms. The highest BCUT2D eigenvalue weighted by Crippen LogP contribution is 2.25. The minimum atomic E-state index is 0.519. The van der Waals surface area contributed by atoms with Crippen LogP contribution in [0.1, 0.15) is 32.1 Å². The van der Waals surface area contributed by atoms with Crippen LogP contribution in [0.5, 0.6) is 0 Å². The summed E-state index contributed by atoms with van der Waals surface area (Å²) in [6.07, 6.45) is 15.9. The smallest absolute Gasteiger partial charge is 0.180 e. The monoisotopic (exact) mass is 296 g/mol. The van der Waals surface area contributed by atoms with Gasteiger partial charge in [0.1, 0.15) is 0 Å². The quantitative estimate of drug-likeness (QED) is 0.807. The molecular weight excluding hydrogens is 276 g/mol. The van der Waals surface area contributed by atoms with Crippen LogP contribution >= 0.6 is 0 Å². The Morgan fingerprint density at radius 1 is 1.14 bits per heavy atom. The first-order valence-corrected chi connectivity index (χ1v) is 7.89. The van der Waals surface area contributed by atoms with Crippen molar-refractivity contribution in [3.8, 4) is 11.3 Å². The number of aromatic nitrogens is 5. The van der Waals surface area contributed by atoms with Gasteiger partial charge >= 0.3 is 0 Å². The van der Waals surface area contributed by atoms with Crippen LogP contribution in [0.4, 0.5) is 5.82 Å². The third-order valence-corrected chi connectivity index (χ3v) is 4.37. The lowest BCUT2D eigenvalue weighted by Gasteiger charge is -2.23. The van der Waals surface area contributed by atoms with Crippen molar-refractivity contribution in [2.45, 2.75) is 38.1 Å². The Kier molecular flexibility index (Phi) is 3.29. The lowest BCUT2D eigenvalue weighted by Crippen LogP contribution is -2.23. The van der Waals surface area contributed by atoms with Gasteiger partial charge in [-0.05, 0) is 12.8 Å². The number of nitrogens with zero attached hydrogens (tertiary/aromatic N) is 5. The van der Waals surface area contributed by atoms with Crippen LogP contribution in [0.3, 0.4) is 0 Å². The van der Waals surface area contributed by atoms with Gasteiger partial charge in [0, 0.05) is 37.2 Å². The summed E-state index contributed by atoms with van der Waals surface area (Å²) in [6, 6.07) is 0.519. The topological polar surface area (TPSA) is 60.0 Å². The Hall–Kier alpha value is -2.37. The van der Waals surface area contributed by atoms with Gasteiger partial charge in [-0.3, -0.25) is 9.08 Å². The SMILES string of the molecule is Cn1cc(-c2cnc3c(NC4CCCCC4)nccn23)cn1. The van der Waals surface area contributed by atoms with E-state index >= 15 is 0 Å². The number of fused-ring (bicyclic) bond motifs is 1. The third kappa shape index (κ3) is 2.34. The number of rotatable bonds is 3. The number of nitrogens with one attached hydrogen (secondary N) is 1. The zero-order valence-corrected chi connectivity index (χ0v) is 12.7. The van der Waals surface area contributed by atoms with E-state index in [1.54, 1.807) is 4.68 Å². The van der Waals surface area contributed by atoms with Crippen LogP contribution in [-0.2, 0) is 7.05 Å². The minimum Gasteiger partial charge on any atom is -0.364 e. The molecule has 1 N–H and O–H groups in total. The average Bonchev–Trinajstić information content (AvgIpc) is 3.15. The van der Waals surface area contributed by atoms with Gasteiger partial charge in [0.15, 0.2) is 11.5 Å². The molecule has 3 aromatic rings. The molecule has 0 radical (unpaired) electrons. The maximum absolute atomic E-state index is 4.57. The summed E-state index contributed by atoms with van der Waals surface area (Å²) in [5.41, 5.74) is 2.98. The molecule has 0 saturated heterocycles. The summed E-state index contributed by atoms with van der Waals surface area (Å²) in [6.45, 7) is 0. The standard InChI is InChI=1S/C16H20N6/c1-21-11-12(9-19-21)14-10-18-16-15(17-7-8-22(14)16)20-13-5-3-2-4-6-13/h7-11,13H,2-6H2,1H3,(H,17,20). The van der Waals surface area contributed by atoms with E-state index in [1.807, 2.05) is 38.0 Å². The molecule has 1 aliphatic rings. The second-order valence-corrected chi connectivity index (χ2v) is 5.99. The minimum absolute atomic E-state index is 0.519. The molecule has 22 heavy (non-hydrogen) atoms. The molecule has 1 saturated carbocycles. The zero-order chi connectivity index (χ0) is 14.9. The summed E-state index contributed by atoms with van der Waals surface area (Å²) in [5, 5.41) is 7.82. The number of imidazole rings is 1. The molecule has 3 heterocycles. The fourth-order valence-electron chi connectivity index (χ4n) is 3.23. The summed E-state index contributed by atoms with van der Waals surface area (Å²) < 4.78 is 3.88. The van der Waals surface area contributed by atoms with E-state index in [9.17, 15) is 0 Å². The summed E-state index contributed by atoms with van der Waals surface area (Å²) in [5.74, 6) is 0.879. The number of hydrogen-bond acceptors (Lipinski definition) is 4. The normalized spacial score (nSPS) is 16.2. The van der Waals surface area contributed by atoms with Crippen LogP contribution in [0.15, 0.2) is 31.0 Å². The number of anilines is 1. The van der Waals surface area contributed by atoms with Gasteiger partial charge < -0.3 is 5.32 Å². The van der Waals surface area contributed by atoms with Gasteiger partial charge in [-0.25, -0.2) is 9.97 Å². The number of aryl methyl sites for hydroxylation is 1. The third-order valence-electron chi connectivity index (χ3n) is 4.37. The van der Waals surface area contributed by atoms with Crippen molar-refractivity contribution < 1.29 is 0 Å². The van der Waals surface area contributed by atoms with Gasteiger partial charge in [0.05, 0.1) is 18.1 Å². The summed E-state index contributed by atoms with van der Waals surface area (Å²) >= 11 is 0. The first kappa shape index (κ1) is 13.3. The molecular formula is C16H20N6. The van der Waals surface area contributed by atoms with Gasteiger partial charge in [-0.2, -0.15) is 5.10 Å². The molecule has 3 aromatic heterocycles. The van der Waals surface area contributed by atoms with Crippen molar-refractivity contribution in [1.29, 1.82) is 0 Å². The van der Waals surface area contributed by atoms with Crippen molar-refractivity contribution in [1.82, 2.24) is 24.1 Å². The first-order valence-electron chi connectivity index (χ1n) is 7.89. The fourth-order valence-corrected chi connectivity index (χ4v) is 3.23. The summed E-state index contributed by atoms with van der Waals surface area (Å²) in [7, 11) is 1.92. The second kappa shape index (κ2) is 5.44. The average molecular weight is 296 g/mol.